The highest BCUT2D eigenvalue weighted by Crippen LogP contribution is 2.21. The Bertz CT molecular complexity index is 313. The van der Waals surface area contributed by atoms with E-state index in [2.05, 4.69) is 4.90 Å². The van der Waals surface area contributed by atoms with Gasteiger partial charge in [-0.1, -0.05) is 0 Å². The zero-order valence-corrected chi connectivity index (χ0v) is 12.4. The summed E-state index contributed by atoms with van der Waals surface area (Å²) < 4.78 is 5.35. The third-order valence-corrected chi connectivity index (χ3v) is 3.76. The number of nitrogens with two attached hydrogens (primary N) is 1. The van der Waals surface area contributed by atoms with E-state index in [4.69, 9.17) is 10.5 Å². The first-order chi connectivity index (χ1) is 8.83. The molecule has 2 saturated heterocycles. The van der Waals surface area contributed by atoms with Gasteiger partial charge in [0.25, 0.3) is 0 Å². The van der Waals surface area contributed by atoms with E-state index in [-0.39, 0.29) is 6.09 Å². The van der Waals surface area contributed by atoms with Crippen LogP contribution in [0.15, 0.2) is 0 Å². The van der Waals surface area contributed by atoms with E-state index in [1.807, 2.05) is 20.8 Å². The number of carbonyl (C=O) groups excluding carboxylic acids is 1. The first-order valence-corrected chi connectivity index (χ1v) is 7.29. The molecule has 0 atom stereocenters. The Kier molecular flexibility index (Phi) is 4.36. The number of ether oxygens (including phenoxy) is 1. The highest BCUT2D eigenvalue weighted by molar-refractivity contribution is 5.69. The minimum absolute atomic E-state index is 0.176. The first kappa shape index (κ1) is 14.6. The first-order valence-electron chi connectivity index (χ1n) is 7.29. The van der Waals surface area contributed by atoms with Crippen LogP contribution in [0.3, 0.4) is 0 Å². The Labute approximate surface area is 116 Å². The molecular formula is C14H27N3O2. The maximum atomic E-state index is 11.8. The van der Waals surface area contributed by atoms with E-state index in [1.54, 1.807) is 4.90 Å². The smallest absolute Gasteiger partial charge is 0.410 e. The van der Waals surface area contributed by atoms with Gasteiger partial charge < -0.3 is 20.3 Å². The molecular weight excluding hydrogens is 242 g/mol. The summed E-state index contributed by atoms with van der Waals surface area (Å²) in [6, 6.07) is 0.385. The van der Waals surface area contributed by atoms with E-state index in [9.17, 15) is 4.79 Å². The van der Waals surface area contributed by atoms with Gasteiger partial charge in [0.2, 0.25) is 0 Å². The number of rotatable bonds is 2. The fourth-order valence-electron chi connectivity index (χ4n) is 2.66. The van der Waals surface area contributed by atoms with Crippen molar-refractivity contribution in [1.29, 1.82) is 0 Å². The molecule has 2 rings (SSSR count). The molecule has 5 nitrogen and oxygen atoms in total. The van der Waals surface area contributed by atoms with Crippen LogP contribution in [0.1, 0.15) is 33.6 Å². The molecule has 0 saturated carbocycles. The zero-order chi connectivity index (χ0) is 14.0. The molecule has 2 aliphatic rings. The normalized spacial score (nSPS) is 23.3. The molecule has 0 spiro atoms. The van der Waals surface area contributed by atoms with Crippen molar-refractivity contribution in [2.75, 3.05) is 32.7 Å². The number of carbonyl (C=O) groups is 1. The van der Waals surface area contributed by atoms with Crippen LogP contribution < -0.4 is 5.73 Å². The summed E-state index contributed by atoms with van der Waals surface area (Å²) in [7, 11) is 0. The van der Waals surface area contributed by atoms with E-state index in [1.165, 1.54) is 0 Å². The van der Waals surface area contributed by atoms with Crippen molar-refractivity contribution >= 4 is 6.09 Å². The second-order valence-corrected chi connectivity index (χ2v) is 6.89. The predicted molar refractivity (Wildman–Crippen MR) is 74.9 cm³/mol. The SMILES string of the molecule is CC(C)(C)OC(=O)N1CC(CN2CCC(N)CC2)C1. The van der Waals surface area contributed by atoms with Crippen LogP contribution in [0.2, 0.25) is 0 Å². The van der Waals surface area contributed by atoms with Crippen molar-refractivity contribution in [2.24, 2.45) is 11.7 Å². The second kappa shape index (κ2) is 5.67. The lowest BCUT2D eigenvalue weighted by Gasteiger charge is -2.43. The zero-order valence-electron chi connectivity index (χ0n) is 12.4. The topological polar surface area (TPSA) is 58.8 Å². The third-order valence-electron chi connectivity index (χ3n) is 3.76. The van der Waals surface area contributed by atoms with E-state index >= 15 is 0 Å². The number of likely N-dealkylation sites (tertiary alicyclic amines) is 2. The van der Waals surface area contributed by atoms with Gasteiger partial charge in [-0.05, 0) is 46.7 Å². The van der Waals surface area contributed by atoms with Crippen molar-refractivity contribution in [2.45, 2.75) is 45.3 Å². The van der Waals surface area contributed by atoms with Gasteiger partial charge in [-0.3, -0.25) is 0 Å². The summed E-state index contributed by atoms with van der Waals surface area (Å²) in [6.07, 6.45) is 2.02. The van der Waals surface area contributed by atoms with Gasteiger partial charge in [0.1, 0.15) is 5.60 Å². The summed E-state index contributed by atoms with van der Waals surface area (Å²) in [5.74, 6) is 0.599. The molecule has 0 aromatic rings. The molecule has 1 amide bonds. The summed E-state index contributed by atoms with van der Waals surface area (Å²) >= 11 is 0. The van der Waals surface area contributed by atoms with Crippen molar-refractivity contribution < 1.29 is 9.53 Å². The highest BCUT2D eigenvalue weighted by Gasteiger charge is 2.34. The summed E-state index contributed by atoms with van der Waals surface area (Å²) in [6.45, 7) is 10.7. The highest BCUT2D eigenvalue weighted by atomic mass is 16.6. The molecule has 2 fully saturated rings. The molecule has 0 aromatic heterocycles. The molecule has 110 valence electrons. The van der Waals surface area contributed by atoms with Crippen LogP contribution in [-0.2, 0) is 4.74 Å². The summed E-state index contributed by atoms with van der Waals surface area (Å²) in [5.41, 5.74) is 5.50. The van der Waals surface area contributed by atoms with E-state index in [0.717, 1.165) is 45.6 Å². The largest absolute Gasteiger partial charge is 0.444 e. The van der Waals surface area contributed by atoms with Crippen LogP contribution in [-0.4, -0.2) is 60.3 Å². The van der Waals surface area contributed by atoms with Crippen LogP contribution in [0.5, 0.6) is 0 Å². The average molecular weight is 269 g/mol. The van der Waals surface area contributed by atoms with Gasteiger partial charge in [-0.15, -0.1) is 0 Å². The van der Waals surface area contributed by atoms with E-state index < -0.39 is 5.60 Å². The van der Waals surface area contributed by atoms with Gasteiger partial charge in [0.05, 0.1) is 0 Å². The van der Waals surface area contributed by atoms with Crippen LogP contribution in [0, 0.1) is 5.92 Å². The maximum Gasteiger partial charge on any atom is 0.410 e. The van der Waals surface area contributed by atoms with Gasteiger partial charge in [0.15, 0.2) is 0 Å². The van der Waals surface area contributed by atoms with Crippen LogP contribution in [0.4, 0.5) is 4.79 Å². The van der Waals surface area contributed by atoms with Gasteiger partial charge >= 0.3 is 6.09 Å². The molecule has 0 unspecified atom stereocenters. The predicted octanol–water partition coefficient (Wildman–Crippen LogP) is 1.28. The standard InChI is InChI=1S/C14H27N3O2/c1-14(2,3)19-13(18)17-9-11(10-17)8-16-6-4-12(15)5-7-16/h11-12H,4-10,15H2,1-3H3. The van der Waals surface area contributed by atoms with Crippen molar-refractivity contribution in [3.05, 3.63) is 0 Å². The number of piperidine rings is 1. The van der Waals surface area contributed by atoms with Crippen molar-refractivity contribution in [3.8, 4) is 0 Å². The molecule has 2 heterocycles. The lowest BCUT2D eigenvalue weighted by atomic mass is 9.98. The quantitative estimate of drug-likeness (QED) is 0.820. The minimum Gasteiger partial charge on any atom is -0.444 e. The molecule has 2 N–H and O–H groups in total. The molecule has 5 heteroatoms. The molecule has 0 radical (unpaired) electrons. The lowest BCUT2D eigenvalue weighted by molar-refractivity contribution is -0.00743. The van der Waals surface area contributed by atoms with Crippen molar-refractivity contribution in [1.82, 2.24) is 9.80 Å². The fraction of sp³-hybridized carbons (Fsp3) is 0.929. The second-order valence-electron chi connectivity index (χ2n) is 6.89. The van der Waals surface area contributed by atoms with Crippen LogP contribution in [0.25, 0.3) is 0 Å². The van der Waals surface area contributed by atoms with E-state index in [0.29, 0.717) is 12.0 Å². The number of nitrogens with zero attached hydrogens (tertiary/aromatic N) is 2. The Hall–Kier alpha value is -0.810. The fourth-order valence-corrected chi connectivity index (χ4v) is 2.66. The Morgan fingerprint density at radius 3 is 2.37 bits per heavy atom. The number of amides is 1. The Morgan fingerprint density at radius 1 is 1.26 bits per heavy atom. The molecule has 2 aliphatic heterocycles. The van der Waals surface area contributed by atoms with Crippen molar-refractivity contribution in [3.63, 3.8) is 0 Å². The van der Waals surface area contributed by atoms with Gasteiger partial charge in [-0.25, -0.2) is 4.79 Å². The molecule has 0 bridgehead atoms. The number of hydrogen-bond acceptors (Lipinski definition) is 4. The number of hydrogen-bond donors (Lipinski definition) is 1. The summed E-state index contributed by atoms with van der Waals surface area (Å²) in [5, 5.41) is 0. The monoisotopic (exact) mass is 269 g/mol. The average Bonchev–Trinajstić information content (AvgIpc) is 2.22. The molecule has 0 aromatic carbocycles. The Morgan fingerprint density at radius 2 is 1.84 bits per heavy atom. The van der Waals surface area contributed by atoms with Crippen LogP contribution >= 0.6 is 0 Å². The molecule has 0 aliphatic carbocycles. The third kappa shape index (κ3) is 4.35. The Balaban J connectivity index is 1.65. The minimum atomic E-state index is -0.398. The van der Waals surface area contributed by atoms with Gasteiger partial charge in [0, 0.05) is 31.6 Å². The summed E-state index contributed by atoms with van der Waals surface area (Å²) in [4.78, 5) is 16.1. The lowest BCUT2D eigenvalue weighted by Crippen LogP contribution is -2.55. The van der Waals surface area contributed by atoms with Gasteiger partial charge in [-0.2, -0.15) is 0 Å². The molecule has 19 heavy (non-hydrogen) atoms. The maximum absolute atomic E-state index is 11.8.